The van der Waals surface area contributed by atoms with Gasteiger partial charge in [-0.05, 0) is 48.1 Å². The van der Waals surface area contributed by atoms with Crippen LogP contribution in [0.25, 0.3) is 0 Å². The highest BCUT2D eigenvalue weighted by Gasteiger charge is 2.36. The largest absolute Gasteiger partial charge is 0.454 e. The molecule has 2 aliphatic rings. The number of fused-ring (bicyclic) bond motifs is 1. The Morgan fingerprint density at radius 2 is 1.89 bits per heavy atom. The average molecular weight is 528 g/mol. The maximum atomic E-state index is 13.6. The molecular formula is C25H22ClN3O6S. The molecule has 3 aromatic rings. The summed E-state index contributed by atoms with van der Waals surface area (Å²) in [7, 11) is 0. The molecule has 0 radical (unpaired) electrons. The van der Waals surface area contributed by atoms with E-state index in [0.29, 0.717) is 24.6 Å². The number of hydrogen-bond acceptors (Lipinski definition) is 7. The lowest BCUT2D eigenvalue weighted by Gasteiger charge is -2.28. The first-order chi connectivity index (χ1) is 17.4. The summed E-state index contributed by atoms with van der Waals surface area (Å²) < 4.78 is 10.9. The molecule has 0 spiro atoms. The van der Waals surface area contributed by atoms with Crippen molar-refractivity contribution in [1.29, 1.82) is 0 Å². The normalized spacial score (nSPS) is 13.9. The van der Waals surface area contributed by atoms with Crippen LogP contribution < -0.4 is 9.47 Å². The summed E-state index contributed by atoms with van der Waals surface area (Å²) in [5, 5.41) is 13.0. The minimum absolute atomic E-state index is 0.0110. The molecule has 2 heterocycles. The van der Waals surface area contributed by atoms with Crippen molar-refractivity contribution in [3.8, 4) is 11.5 Å². The quantitative estimate of drug-likeness (QED) is 0.290. The third-order valence-electron chi connectivity index (χ3n) is 6.04. The Morgan fingerprint density at radius 3 is 2.58 bits per heavy atom. The molecule has 1 saturated carbocycles. The molecule has 2 aromatic carbocycles. The van der Waals surface area contributed by atoms with Gasteiger partial charge in [-0.3, -0.25) is 19.7 Å². The van der Waals surface area contributed by atoms with Crippen LogP contribution >= 0.6 is 22.9 Å². The van der Waals surface area contributed by atoms with Gasteiger partial charge in [0.05, 0.1) is 22.1 Å². The van der Waals surface area contributed by atoms with Gasteiger partial charge in [0.2, 0.25) is 12.7 Å². The number of amides is 2. The number of hydrogen-bond donors (Lipinski definition) is 0. The second-order valence-corrected chi connectivity index (χ2v) is 10.0. The molecule has 1 aromatic heterocycles. The second-order valence-electron chi connectivity index (χ2n) is 8.60. The molecule has 0 saturated heterocycles. The number of nitro benzene ring substituents is 1. The lowest BCUT2D eigenvalue weighted by molar-refractivity contribution is -0.384. The molecule has 5 rings (SSSR count). The summed E-state index contributed by atoms with van der Waals surface area (Å²) >= 11 is 7.77. The van der Waals surface area contributed by atoms with Gasteiger partial charge in [0, 0.05) is 29.6 Å². The Bertz CT molecular complexity index is 1310. The molecule has 2 amide bonds. The van der Waals surface area contributed by atoms with E-state index in [9.17, 15) is 19.7 Å². The molecule has 0 bridgehead atoms. The van der Waals surface area contributed by atoms with Crippen LogP contribution in [0.1, 0.15) is 33.6 Å². The molecule has 186 valence electrons. The monoisotopic (exact) mass is 527 g/mol. The third kappa shape index (κ3) is 5.29. The molecule has 0 N–H and O–H groups in total. The van der Waals surface area contributed by atoms with Gasteiger partial charge < -0.3 is 19.3 Å². The minimum atomic E-state index is -0.569. The zero-order valence-electron chi connectivity index (χ0n) is 19.1. The van der Waals surface area contributed by atoms with E-state index in [1.54, 1.807) is 16.2 Å². The number of ether oxygens (including phenoxy) is 2. The predicted octanol–water partition coefficient (Wildman–Crippen LogP) is 4.87. The number of carbonyl (C=O) groups is 2. The zero-order chi connectivity index (χ0) is 25.2. The van der Waals surface area contributed by atoms with E-state index in [1.165, 1.54) is 17.0 Å². The number of carbonyl (C=O) groups excluding carboxylic acids is 2. The van der Waals surface area contributed by atoms with Gasteiger partial charge in [-0.25, -0.2) is 0 Å². The maximum absolute atomic E-state index is 13.6. The van der Waals surface area contributed by atoms with E-state index in [4.69, 9.17) is 21.1 Å². The van der Waals surface area contributed by atoms with Crippen molar-refractivity contribution >= 4 is 40.4 Å². The molecule has 9 nitrogen and oxygen atoms in total. The molecule has 0 atom stereocenters. The SMILES string of the molecule is O=C(CN(C(=O)c1ccc([N+](=O)[O-])cc1Cl)C1CC1)N(Cc1ccc2c(c1)OCO2)Cc1cccs1. The summed E-state index contributed by atoms with van der Waals surface area (Å²) in [6.07, 6.45) is 1.58. The summed E-state index contributed by atoms with van der Waals surface area (Å²) in [4.78, 5) is 41.7. The van der Waals surface area contributed by atoms with E-state index in [2.05, 4.69) is 0 Å². The van der Waals surface area contributed by atoms with Crippen molar-refractivity contribution in [2.24, 2.45) is 0 Å². The first-order valence-electron chi connectivity index (χ1n) is 11.3. The molecule has 1 aliphatic carbocycles. The number of nitro groups is 1. The van der Waals surface area contributed by atoms with Gasteiger partial charge in [-0.15, -0.1) is 11.3 Å². The summed E-state index contributed by atoms with van der Waals surface area (Å²) in [6, 6.07) is 13.1. The number of benzene rings is 2. The third-order valence-corrected chi connectivity index (χ3v) is 7.21. The fourth-order valence-corrected chi connectivity index (χ4v) is 5.00. The Kier molecular flexibility index (Phi) is 6.80. The fraction of sp³-hybridized carbons (Fsp3) is 0.280. The van der Waals surface area contributed by atoms with Crippen LogP contribution in [-0.2, 0) is 17.9 Å². The van der Waals surface area contributed by atoms with Crippen LogP contribution in [0, 0.1) is 10.1 Å². The summed E-state index contributed by atoms with van der Waals surface area (Å²) in [6.45, 7) is 0.779. The summed E-state index contributed by atoms with van der Waals surface area (Å²) in [5.74, 6) is 0.684. The first kappa shape index (κ1) is 24.1. The highest BCUT2D eigenvalue weighted by molar-refractivity contribution is 7.09. The first-order valence-corrected chi connectivity index (χ1v) is 12.6. The molecule has 0 unspecified atom stereocenters. The number of non-ortho nitro benzene ring substituents is 1. The van der Waals surface area contributed by atoms with Crippen LogP contribution in [-0.4, -0.2) is 45.9 Å². The van der Waals surface area contributed by atoms with E-state index >= 15 is 0 Å². The van der Waals surface area contributed by atoms with Crippen LogP contribution in [0.15, 0.2) is 53.9 Å². The number of halogens is 1. The standard InChI is InChI=1S/C25H22ClN3O6S/c26-21-11-18(29(32)33)6-7-20(21)25(31)28(17-4-5-17)14-24(30)27(13-19-2-1-9-36-19)12-16-3-8-22-23(10-16)35-15-34-22/h1-3,6-11,17H,4-5,12-15H2. The van der Waals surface area contributed by atoms with Crippen molar-refractivity contribution in [2.75, 3.05) is 13.3 Å². The van der Waals surface area contributed by atoms with Crippen LogP contribution in [0.2, 0.25) is 5.02 Å². The van der Waals surface area contributed by atoms with E-state index in [-0.39, 0.29) is 41.6 Å². The lowest BCUT2D eigenvalue weighted by Crippen LogP contribution is -2.43. The Hall–Kier alpha value is -3.63. The van der Waals surface area contributed by atoms with Gasteiger partial charge >= 0.3 is 0 Å². The number of nitrogens with zero attached hydrogens (tertiary/aromatic N) is 3. The molecule has 1 fully saturated rings. The van der Waals surface area contributed by atoms with Crippen molar-refractivity contribution in [1.82, 2.24) is 9.80 Å². The van der Waals surface area contributed by atoms with Crippen LogP contribution in [0.4, 0.5) is 5.69 Å². The van der Waals surface area contributed by atoms with E-state index < -0.39 is 10.8 Å². The highest BCUT2D eigenvalue weighted by Crippen LogP contribution is 2.34. The van der Waals surface area contributed by atoms with Crippen LogP contribution in [0.5, 0.6) is 11.5 Å². The number of rotatable bonds is 9. The van der Waals surface area contributed by atoms with Gasteiger partial charge in [0.15, 0.2) is 11.5 Å². The van der Waals surface area contributed by atoms with Gasteiger partial charge in [0.25, 0.3) is 11.6 Å². The summed E-state index contributed by atoms with van der Waals surface area (Å²) in [5.41, 5.74) is 0.825. The van der Waals surface area contributed by atoms with Gasteiger partial charge in [-0.1, -0.05) is 23.7 Å². The molecule has 36 heavy (non-hydrogen) atoms. The fourth-order valence-electron chi connectivity index (χ4n) is 4.03. The zero-order valence-corrected chi connectivity index (χ0v) is 20.7. The van der Waals surface area contributed by atoms with Crippen LogP contribution in [0.3, 0.4) is 0 Å². The Balaban J connectivity index is 1.36. The number of thiophene rings is 1. The minimum Gasteiger partial charge on any atom is -0.454 e. The molecular weight excluding hydrogens is 506 g/mol. The molecule has 1 aliphatic heterocycles. The van der Waals surface area contributed by atoms with Crippen molar-refractivity contribution in [3.63, 3.8) is 0 Å². The predicted molar refractivity (Wildman–Crippen MR) is 133 cm³/mol. The van der Waals surface area contributed by atoms with Crippen molar-refractivity contribution in [3.05, 3.63) is 85.1 Å². The lowest BCUT2D eigenvalue weighted by atomic mass is 10.1. The van der Waals surface area contributed by atoms with E-state index in [1.807, 2.05) is 35.7 Å². The highest BCUT2D eigenvalue weighted by atomic mass is 35.5. The Labute approximate surface area is 215 Å². The van der Waals surface area contributed by atoms with Gasteiger partial charge in [-0.2, -0.15) is 0 Å². The van der Waals surface area contributed by atoms with Gasteiger partial charge in [0.1, 0.15) is 6.54 Å². The van der Waals surface area contributed by atoms with E-state index in [0.717, 1.165) is 29.3 Å². The van der Waals surface area contributed by atoms with Crippen molar-refractivity contribution in [2.45, 2.75) is 32.0 Å². The molecule has 11 heteroatoms. The smallest absolute Gasteiger partial charge is 0.270 e. The Morgan fingerprint density at radius 1 is 1.08 bits per heavy atom. The topological polar surface area (TPSA) is 102 Å². The second kappa shape index (κ2) is 10.2. The van der Waals surface area contributed by atoms with Crippen molar-refractivity contribution < 1.29 is 24.0 Å². The average Bonchev–Trinajstić information content (AvgIpc) is 3.36. The maximum Gasteiger partial charge on any atom is 0.270 e.